The Morgan fingerprint density at radius 3 is 1.90 bits per heavy atom. The summed E-state index contributed by atoms with van der Waals surface area (Å²) in [5.74, 6) is 0.580. The van der Waals surface area contributed by atoms with E-state index in [1.807, 2.05) is 31.7 Å². The molecule has 0 fully saturated rings. The maximum absolute atomic E-state index is 12.9. The molecular formula is C26H27F3S. The summed E-state index contributed by atoms with van der Waals surface area (Å²) in [6, 6.07) is 20.3. The zero-order chi connectivity index (χ0) is 21.9. The van der Waals surface area contributed by atoms with Crippen LogP contribution in [0.25, 0.3) is 11.1 Å². The molecule has 0 nitrogen and oxygen atoms in total. The van der Waals surface area contributed by atoms with Gasteiger partial charge in [-0.15, -0.1) is 11.8 Å². The molecule has 30 heavy (non-hydrogen) atoms. The maximum atomic E-state index is 12.9. The van der Waals surface area contributed by atoms with Crippen LogP contribution in [0.2, 0.25) is 0 Å². The van der Waals surface area contributed by atoms with Crippen LogP contribution in [-0.4, -0.2) is 0 Å². The number of halogens is 3. The van der Waals surface area contributed by atoms with E-state index in [-0.39, 0.29) is 0 Å². The second-order valence-electron chi connectivity index (χ2n) is 8.15. The van der Waals surface area contributed by atoms with Gasteiger partial charge >= 0.3 is 6.18 Å². The Morgan fingerprint density at radius 1 is 0.833 bits per heavy atom. The molecular weight excluding hydrogens is 401 g/mol. The summed E-state index contributed by atoms with van der Waals surface area (Å²) in [4.78, 5) is 1.19. The molecule has 0 amide bonds. The van der Waals surface area contributed by atoms with Gasteiger partial charge in [0.1, 0.15) is 0 Å². The standard InChI is InChI=1S/C26H27F3S/c1-17(2)14-24(20-8-6-5-7-9-20)30-23-15-18(3)25(19(4)16-23)21-10-12-22(13-11-21)26(27,28)29/h5-13,15-17,24H,14H2,1-4H3. The Balaban J connectivity index is 1.90. The zero-order valence-electron chi connectivity index (χ0n) is 17.8. The van der Waals surface area contributed by atoms with Crippen LogP contribution in [0.3, 0.4) is 0 Å². The SMILES string of the molecule is Cc1cc(SC(CC(C)C)c2ccccc2)cc(C)c1-c1ccc(C(F)(F)F)cc1. The molecule has 158 valence electrons. The largest absolute Gasteiger partial charge is 0.416 e. The third-order valence-electron chi connectivity index (χ3n) is 5.14. The Hall–Kier alpha value is -2.20. The molecule has 0 saturated heterocycles. The number of benzene rings is 3. The number of hydrogen-bond donors (Lipinski definition) is 0. The first-order chi connectivity index (χ1) is 14.1. The zero-order valence-corrected chi connectivity index (χ0v) is 18.6. The third kappa shape index (κ3) is 5.48. The lowest BCUT2D eigenvalue weighted by Gasteiger charge is -2.21. The first kappa shape index (κ1) is 22.5. The highest BCUT2D eigenvalue weighted by Gasteiger charge is 2.30. The summed E-state index contributed by atoms with van der Waals surface area (Å²) in [6.07, 6.45) is -3.24. The Kier molecular flexibility index (Phi) is 6.97. The van der Waals surface area contributed by atoms with Crippen LogP contribution in [0.1, 0.15) is 47.8 Å². The number of thioether (sulfide) groups is 1. The normalized spacial score (nSPS) is 12.9. The van der Waals surface area contributed by atoms with Gasteiger partial charge in [-0.05, 0) is 78.3 Å². The fourth-order valence-corrected chi connectivity index (χ4v) is 5.38. The monoisotopic (exact) mass is 428 g/mol. The average Bonchev–Trinajstić information content (AvgIpc) is 2.67. The van der Waals surface area contributed by atoms with Gasteiger partial charge in [-0.3, -0.25) is 0 Å². The van der Waals surface area contributed by atoms with Gasteiger partial charge in [0.25, 0.3) is 0 Å². The lowest BCUT2D eigenvalue weighted by molar-refractivity contribution is -0.137. The van der Waals surface area contributed by atoms with Crippen molar-refractivity contribution >= 4 is 11.8 Å². The fraction of sp³-hybridized carbons (Fsp3) is 0.308. The van der Waals surface area contributed by atoms with Crippen molar-refractivity contribution in [1.29, 1.82) is 0 Å². The molecule has 3 rings (SSSR count). The quantitative estimate of drug-likeness (QED) is 0.353. The minimum absolute atomic E-state index is 0.363. The summed E-state index contributed by atoms with van der Waals surface area (Å²) >= 11 is 1.86. The molecule has 0 bridgehead atoms. The van der Waals surface area contributed by atoms with Crippen molar-refractivity contribution < 1.29 is 13.2 Å². The summed E-state index contributed by atoms with van der Waals surface area (Å²) in [5, 5.41) is 0.363. The lowest BCUT2D eigenvalue weighted by Crippen LogP contribution is -2.04. The number of aryl methyl sites for hydroxylation is 2. The van der Waals surface area contributed by atoms with E-state index >= 15 is 0 Å². The van der Waals surface area contributed by atoms with E-state index in [4.69, 9.17) is 0 Å². The first-order valence-electron chi connectivity index (χ1n) is 10.2. The van der Waals surface area contributed by atoms with Gasteiger partial charge in [-0.25, -0.2) is 0 Å². The lowest BCUT2D eigenvalue weighted by atomic mass is 9.95. The van der Waals surface area contributed by atoms with E-state index < -0.39 is 11.7 Å². The molecule has 0 aliphatic rings. The van der Waals surface area contributed by atoms with Crippen molar-refractivity contribution in [2.45, 2.75) is 50.4 Å². The molecule has 0 heterocycles. The van der Waals surface area contributed by atoms with Gasteiger partial charge in [-0.2, -0.15) is 13.2 Å². The smallest absolute Gasteiger partial charge is 0.166 e. The minimum atomic E-state index is -4.31. The molecule has 1 unspecified atom stereocenters. The highest BCUT2D eigenvalue weighted by Crippen LogP contribution is 2.42. The molecule has 0 spiro atoms. The molecule has 0 saturated carbocycles. The second kappa shape index (κ2) is 9.30. The Morgan fingerprint density at radius 2 is 1.40 bits per heavy atom. The molecule has 3 aromatic carbocycles. The average molecular weight is 429 g/mol. The van der Waals surface area contributed by atoms with Crippen LogP contribution in [0.15, 0.2) is 71.6 Å². The molecule has 0 radical (unpaired) electrons. The van der Waals surface area contributed by atoms with Gasteiger partial charge in [0.2, 0.25) is 0 Å². The third-order valence-corrected chi connectivity index (χ3v) is 6.40. The Labute approximate surface area is 181 Å². The van der Waals surface area contributed by atoms with Crippen LogP contribution < -0.4 is 0 Å². The predicted octanol–water partition coefficient (Wildman–Crippen LogP) is 8.87. The molecule has 0 N–H and O–H groups in total. The summed E-state index contributed by atoms with van der Waals surface area (Å²) in [6.45, 7) is 8.54. The maximum Gasteiger partial charge on any atom is 0.416 e. The highest BCUT2D eigenvalue weighted by atomic mass is 32.2. The van der Waals surface area contributed by atoms with Gasteiger partial charge in [-0.1, -0.05) is 56.3 Å². The van der Waals surface area contributed by atoms with Crippen molar-refractivity contribution in [3.05, 3.63) is 89.0 Å². The molecule has 3 aromatic rings. The predicted molar refractivity (Wildman–Crippen MR) is 121 cm³/mol. The van der Waals surface area contributed by atoms with E-state index in [0.29, 0.717) is 11.2 Å². The van der Waals surface area contributed by atoms with Crippen molar-refractivity contribution in [3.63, 3.8) is 0 Å². The van der Waals surface area contributed by atoms with Gasteiger partial charge in [0.05, 0.1) is 5.56 Å². The molecule has 1 atom stereocenters. The topological polar surface area (TPSA) is 0 Å². The van der Waals surface area contributed by atoms with E-state index in [2.05, 4.69) is 50.2 Å². The molecule has 0 aliphatic carbocycles. The number of hydrogen-bond acceptors (Lipinski definition) is 1. The van der Waals surface area contributed by atoms with Crippen LogP contribution in [0.4, 0.5) is 13.2 Å². The fourth-order valence-electron chi connectivity index (χ4n) is 3.79. The molecule has 0 aromatic heterocycles. The number of alkyl halides is 3. The Bertz CT molecular complexity index is 950. The van der Waals surface area contributed by atoms with Crippen LogP contribution in [0, 0.1) is 19.8 Å². The van der Waals surface area contributed by atoms with Gasteiger partial charge in [0.15, 0.2) is 0 Å². The highest BCUT2D eigenvalue weighted by molar-refractivity contribution is 7.99. The summed E-state index contributed by atoms with van der Waals surface area (Å²) in [7, 11) is 0. The van der Waals surface area contributed by atoms with Gasteiger partial charge in [0, 0.05) is 10.1 Å². The van der Waals surface area contributed by atoms with Crippen molar-refractivity contribution in [1.82, 2.24) is 0 Å². The number of rotatable bonds is 6. The van der Waals surface area contributed by atoms with Crippen molar-refractivity contribution in [2.24, 2.45) is 5.92 Å². The van der Waals surface area contributed by atoms with E-state index in [1.54, 1.807) is 12.1 Å². The van der Waals surface area contributed by atoms with Crippen LogP contribution in [0.5, 0.6) is 0 Å². The van der Waals surface area contributed by atoms with E-state index in [1.165, 1.54) is 10.5 Å². The first-order valence-corrected chi connectivity index (χ1v) is 11.0. The van der Waals surface area contributed by atoms with Crippen LogP contribution >= 0.6 is 11.8 Å². The minimum Gasteiger partial charge on any atom is -0.166 e. The van der Waals surface area contributed by atoms with Gasteiger partial charge < -0.3 is 0 Å². The summed E-state index contributed by atoms with van der Waals surface area (Å²) in [5.41, 5.74) is 4.68. The van der Waals surface area contributed by atoms with E-state index in [9.17, 15) is 13.2 Å². The molecule has 0 aliphatic heterocycles. The van der Waals surface area contributed by atoms with Crippen molar-refractivity contribution in [2.75, 3.05) is 0 Å². The van der Waals surface area contributed by atoms with E-state index in [0.717, 1.165) is 40.8 Å². The van der Waals surface area contributed by atoms with Crippen molar-refractivity contribution in [3.8, 4) is 11.1 Å². The molecule has 4 heteroatoms. The summed E-state index contributed by atoms with van der Waals surface area (Å²) < 4.78 is 38.6. The second-order valence-corrected chi connectivity index (χ2v) is 9.43. The van der Waals surface area contributed by atoms with Crippen LogP contribution in [-0.2, 0) is 6.18 Å².